The molecular weight excluding hydrogens is 274 g/mol. The van der Waals surface area contributed by atoms with E-state index in [-0.39, 0.29) is 25.0 Å². The summed E-state index contributed by atoms with van der Waals surface area (Å²) in [6, 6.07) is 1.84. The fourth-order valence-electron chi connectivity index (χ4n) is 2.68. The van der Waals surface area contributed by atoms with Gasteiger partial charge in [0, 0.05) is 37.5 Å². The molecule has 0 aliphatic carbocycles. The van der Waals surface area contributed by atoms with Crippen LogP contribution >= 0.6 is 0 Å². The van der Waals surface area contributed by atoms with E-state index in [0.29, 0.717) is 13.2 Å². The predicted octanol–water partition coefficient (Wildman–Crippen LogP) is 0.710. The second-order valence-electron chi connectivity index (χ2n) is 5.12. The minimum atomic E-state index is -0.917. The van der Waals surface area contributed by atoms with Crippen molar-refractivity contribution in [3.8, 4) is 0 Å². The minimum Gasteiger partial charge on any atom is -0.480 e. The zero-order valence-electron chi connectivity index (χ0n) is 12.2. The zero-order chi connectivity index (χ0) is 15.2. The number of nitrogens with zero attached hydrogens (tertiary/aromatic N) is 3. The average Bonchev–Trinajstić information content (AvgIpc) is 2.92. The van der Waals surface area contributed by atoms with E-state index in [1.165, 1.54) is 4.68 Å². The Morgan fingerprint density at radius 1 is 1.52 bits per heavy atom. The number of carbonyl (C=O) groups is 2. The summed E-state index contributed by atoms with van der Waals surface area (Å²) in [6.07, 6.45) is 3.45. The monoisotopic (exact) mass is 295 g/mol. The Balaban J connectivity index is 2.02. The minimum absolute atomic E-state index is 0.00847. The Hall–Kier alpha value is -1.89. The molecule has 0 radical (unpaired) electrons. The number of carboxylic acid groups (broad SMARTS) is 1. The van der Waals surface area contributed by atoms with Gasteiger partial charge in [-0.1, -0.05) is 0 Å². The van der Waals surface area contributed by atoms with E-state index in [9.17, 15) is 9.59 Å². The lowest BCUT2D eigenvalue weighted by molar-refractivity contribution is -0.139. The van der Waals surface area contributed by atoms with Crippen LogP contribution in [0.25, 0.3) is 0 Å². The first-order valence-electron chi connectivity index (χ1n) is 7.20. The van der Waals surface area contributed by atoms with Gasteiger partial charge >= 0.3 is 5.97 Å². The van der Waals surface area contributed by atoms with E-state index in [4.69, 9.17) is 9.84 Å². The molecule has 1 fully saturated rings. The van der Waals surface area contributed by atoms with Crippen LogP contribution in [0.15, 0.2) is 12.3 Å². The highest BCUT2D eigenvalue weighted by Crippen LogP contribution is 2.26. The highest BCUT2D eigenvalue weighted by Gasteiger charge is 2.27. The molecule has 2 rings (SSSR count). The summed E-state index contributed by atoms with van der Waals surface area (Å²) < 4.78 is 6.67. The van der Waals surface area contributed by atoms with Crippen LogP contribution in [0.1, 0.15) is 31.4 Å². The lowest BCUT2D eigenvalue weighted by Crippen LogP contribution is -2.41. The second-order valence-corrected chi connectivity index (χ2v) is 5.12. The molecule has 0 unspecified atom stereocenters. The van der Waals surface area contributed by atoms with E-state index in [2.05, 4.69) is 5.10 Å². The Morgan fingerprint density at radius 2 is 2.33 bits per heavy atom. The van der Waals surface area contributed by atoms with E-state index < -0.39 is 5.97 Å². The number of hydrogen-bond acceptors (Lipinski definition) is 4. The van der Waals surface area contributed by atoms with Crippen molar-refractivity contribution >= 4 is 11.9 Å². The summed E-state index contributed by atoms with van der Waals surface area (Å²) in [5, 5.41) is 13.0. The molecule has 2 heterocycles. The molecule has 0 aromatic carbocycles. The van der Waals surface area contributed by atoms with Crippen molar-refractivity contribution in [2.24, 2.45) is 0 Å². The SMILES string of the molecule is CCOCC(=O)N1CCC[C@@H](c2ccnn2CC(=O)O)C1. The van der Waals surface area contributed by atoms with Crippen LogP contribution in [0.5, 0.6) is 0 Å². The van der Waals surface area contributed by atoms with E-state index in [1.807, 2.05) is 13.0 Å². The number of carboxylic acids is 1. The van der Waals surface area contributed by atoms with Gasteiger partial charge in [0.2, 0.25) is 5.91 Å². The fraction of sp³-hybridized carbons (Fsp3) is 0.643. The molecule has 1 aromatic rings. The molecule has 1 aromatic heterocycles. The van der Waals surface area contributed by atoms with Crippen LogP contribution in [-0.4, -0.2) is 58.0 Å². The topological polar surface area (TPSA) is 84.7 Å². The quantitative estimate of drug-likeness (QED) is 0.835. The molecule has 1 aliphatic rings. The molecule has 1 N–H and O–H groups in total. The van der Waals surface area contributed by atoms with Crippen molar-refractivity contribution in [2.45, 2.75) is 32.2 Å². The largest absolute Gasteiger partial charge is 0.480 e. The first-order valence-corrected chi connectivity index (χ1v) is 7.20. The molecule has 7 nitrogen and oxygen atoms in total. The van der Waals surface area contributed by atoms with E-state index in [1.54, 1.807) is 11.1 Å². The molecule has 1 atom stereocenters. The number of aliphatic carboxylic acids is 1. The number of hydrogen-bond donors (Lipinski definition) is 1. The van der Waals surface area contributed by atoms with Gasteiger partial charge in [-0.3, -0.25) is 14.3 Å². The maximum absolute atomic E-state index is 12.0. The fourth-order valence-corrected chi connectivity index (χ4v) is 2.68. The number of piperidine rings is 1. The smallest absolute Gasteiger partial charge is 0.325 e. The molecular formula is C14H21N3O4. The summed E-state index contributed by atoms with van der Waals surface area (Å²) in [6.45, 7) is 3.67. The van der Waals surface area contributed by atoms with Crippen molar-refractivity contribution in [3.63, 3.8) is 0 Å². The molecule has 0 saturated carbocycles. The Labute approximate surface area is 123 Å². The van der Waals surface area contributed by atoms with Gasteiger partial charge in [0.25, 0.3) is 0 Å². The number of likely N-dealkylation sites (tertiary alicyclic amines) is 1. The average molecular weight is 295 g/mol. The van der Waals surface area contributed by atoms with Gasteiger partial charge in [-0.15, -0.1) is 0 Å². The Morgan fingerprint density at radius 3 is 3.05 bits per heavy atom. The van der Waals surface area contributed by atoms with Crippen LogP contribution in [0, 0.1) is 0 Å². The molecule has 21 heavy (non-hydrogen) atoms. The van der Waals surface area contributed by atoms with E-state index >= 15 is 0 Å². The molecule has 0 bridgehead atoms. The van der Waals surface area contributed by atoms with Crippen LogP contribution < -0.4 is 0 Å². The van der Waals surface area contributed by atoms with Crippen molar-refractivity contribution in [1.29, 1.82) is 0 Å². The van der Waals surface area contributed by atoms with Gasteiger partial charge in [0.15, 0.2) is 0 Å². The van der Waals surface area contributed by atoms with Crippen molar-refractivity contribution < 1.29 is 19.4 Å². The standard InChI is InChI=1S/C14H21N3O4/c1-2-21-10-13(18)16-7-3-4-11(8-16)12-5-6-15-17(12)9-14(19)20/h5-6,11H,2-4,7-10H2,1H3,(H,19,20)/t11-/m1/s1. The van der Waals surface area contributed by atoms with Crippen LogP contribution in [0.4, 0.5) is 0 Å². The van der Waals surface area contributed by atoms with Crippen molar-refractivity contribution in [3.05, 3.63) is 18.0 Å². The summed E-state index contributed by atoms with van der Waals surface area (Å²) in [5.41, 5.74) is 0.881. The summed E-state index contributed by atoms with van der Waals surface area (Å²) >= 11 is 0. The van der Waals surface area contributed by atoms with Gasteiger partial charge in [-0.25, -0.2) is 0 Å². The molecule has 1 amide bonds. The van der Waals surface area contributed by atoms with Crippen molar-refractivity contribution in [2.75, 3.05) is 26.3 Å². The molecule has 7 heteroatoms. The normalized spacial score (nSPS) is 18.7. The van der Waals surface area contributed by atoms with Gasteiger partial charge in [0.05, 0.1) is 0 Å². The number of amides is 1. The maximum Gasteiger partial charge on any atom is 0.325 e. The molecule has 1 aliphatic heterocycles. The molecule has 1 saturated heterocycles. The third-order valence-corrected chi connectivity index (χ3v) is 3.66. The first kappa shape index (κ1) is 15.5. The predicted molar refractivity (Wildman–Crippen MR) is 74.9 cm³/mol. The lowest BCUT2D eigenvalue weighted by atomic mass is 9.94. The van der Waals surface area contributed by atoms with Crippen molar-refractivity contribution in [1.82, 2.24) is 14.7 Å². The highest BCUT2D eigenvalue weighted by atomic mass is 16.5. The summed E-state index contributed by atoms with van der Waals surface area (Å²) in [7, 11) is 0. The van der Waals surface area contributed by atoms with Crippen LogP contribution in [0.3, 0.4) is 0 Å². The number of ether oxygens (including phenoxy) is 1. The number of carbonyl (C=O) groups excluding carboxylic acids is 1. The van der Waals surface area contributed by atoms with Gasteiger partial charge in [-0.05, 0) is 25.8 Å². The lowest BCUT2D eigenvalue weighted by Gasteiger charge is -2.33. The number of rotatable bonds is 6. The Bertz CT molecular complexity index is 500. The maximum atomic E-state index is 12.0. The highest BCUT2D eigenvalue weighted by molar-refractivity contribution is 5.77. The molecule has 0 spiro atoms. The third kappa shape index (κ3) is 4.04. The summed E-state index contributed by atoms with van der Waals surface area (Å²) in [4.78, 5) is 24.7. The van der Waals surface area contributed by atoms with Gasteiger partial charge in [-0.2, -0.15) is 5.10 Å². The third-order valence-electron chi connectivity index (χ3n) is 3.66. The van der Waals surface area contributed by atoms with E-state index in [0.717, 1.165) is 25.1 Å². The first-order chi connectivity index (χ1) is 10.1. The van der Waals surface area contributed by atoms with Gasteiger partial charge in [0.1, 0.15) is 13.2 Å². The zero-order valence-corrected chi connectivity index (χ0v) is 12.2. The Kier molecular flexibility index (Phi) is 5.32. The second kappa shape index (κ2) is 7.21. The molecule has 116 valence electrons. The van der Waals surface area contributed by atoms with Crippen LogP contribution in [-0.2, 0) is 20.9 Å². The van der Waals surface area contributed by atoms with Crippen LogP contribution in [0.2, 0.25) is 0 Å². The van der Waals surface area contributed by atoms with Gasteiger partial charge < -0.3 is 14.7 Å². The number of aromatic nitrogens is 2. The summed E-state index contributed by atoms with van der Waals surface area (Å²) in [5.74, 6) is -0.794.